The number of rotatable bonds is 3. The first-order chi connectivity index (χ1) is 7.72. The Bertz CT molecular complexity index is 485. The second-order valence-electron chi connectivity index (χ2n) is 3.44. The monoisotopic (exact) mass is 235 g/mol. The van der Waals surface area contributed by atoms with E-state index in [0.717, 1.165) is 16.1 Å². The molecule has 0 aromatic carbocycles. The third-order valence-electron chi connectivity index (χ3n) is 2.28. The summed E-state index contributed by atoms with van der Waals surface area (Å²) in [5.74, 6) is -0.289. The molecule has 2 aromatic rings. The van der Waals surface area contributed by atoms with Gasteiger partial charge in [-0.1, -0.05) is 6.07 Å². The Morgan fingerprint density at radius 3 is 3.00 bits per heavy atom. The van der Waals surface area contributed by atoms with Crippen molar-refractivity contribution in [1.82, 2.24) is 4.98 Å². The highest BCUT2D eigenvalue weighted by Gasteiger charge is 2.14. The van der Waals surface area contributed by atoms with Crippen molar-refractivity contribution in [1.29, 1.82) is 0 Å². The Balaban J connectivity index is 2.32. The van der Waals surface area contributed by atoms with E-state index in [1.165, 1.54) is 0 Å². The molecule has 16 heavy (non-hydrogen) atoms. The molecule has 84 valence electrons. The zero-order valence-corrected chi connectivity index (χ0v) is 10.1. The number of hydrogen-bond acceptors (Lipinski definition) is 3. The fourth-order valence-electron chi connectivity index (χ4n) is 1.54. The lowest BCUT2D eigenvalue weighted by molar-refractivity contribution is 0.0519. The molecule has 0 bridgehead atoms. The van der Waals surface area contributed by atoms with Crippen LogP contribution in [-0.4, -0.2) is 17.6 Å². The molecule has 0 amide bonds. The Morgan fingerprint density at radius 1 is 1.56 bits per heavy atom. The van der Waals surface area contributed by atoms with Crippen LogP contribution < -0.4 is 0 Å². The number of esters is 1. The van der Waals surface area contributed by atoms with E-state index in [1.807, 2.05) is 30.5 Å². The third-order valence-corrected chi connectivity index (χ3v) is 3.18. The van der Waals surface area contributed by atoms with Crippen molar-refractivity contribution in [2.45, 2.75) is 13.8 Å². The van der Waals surface area contributed by atoms with Crippen molar-refractivity contribution in [3.63, 3.8) is 0 Å². The summed E-state index contributed by atoms with van der Waals surface area (Å²) in [7, 11) is 0. The highest BCUT2D eigenvalue weighted by molar-refractivity contribution is 7.13. The van der Waals surface area contributed by atoms with Crippen molar-refractivity contribution in [3.8, 4) is 10.6 Å². The molecule has 0 fully saturated rings. The maximum atomic E-state index is 11.6. The van der Waals surface area contributed by atoms with E-state index in [9.17, 15) is 4.79 Å². The van der Waals surface area contributed by atoms with Gasteiger partial charge < -0.3 is 9.72 Å². The second-order valence-corrected chi connectivity index (χ2v) is 4.39. The summed E-state index contributed by atoms with van der Waals surface area (Å²) in [6, 6.07) is 5.98. The predicted octanol–water partition coefficient (Wildman–Crippen LogP) is 3.23. The summed E-state index contributed by atoms with van der Waals surface area (Å²) >= 11 is 1.64. The van der Waals surface area contributed by atoms with Gasteiger partial charge in [0.1, 0.15) is 5.69 Å². The first kappa shape index (κ1) is 11.0. The Labute approximate surface area is 98.1 Å². The third kappa shape index (κ3) is 2.02. The van der Waals surface area contributed by atoms with E-state index < -0.39 is 0 Å². The van der Waals surface area contributed by atoms with Gasteiger partial charge in [-0.25, -0.2) is 4.79 Å². The molecule has 0 radical (unpaired) electrons. The highest BCUT2D eigenvalue weighted by atomic mass is 32.1. The van der Waals surface area contributed by atoms with Crippen LogP contribution in [0.3, 0.4) is 0 Å². The van der Waals surface area contributed by atoms with Crippen molar-refractivity contribution < 1.29 is 9.53 Å². The van der Waals surface area contributed by atoms with Gasteiger partial charge in [-0.2, -0.15) is 0 Å². The molecule has 0 aliphatic carbocycles. The normalized spacial score (nSPS) is 10.4. The van der Waals surface area contributed by atoms with Gasteiger partial charge in [-0.15, -0.1) is 11.3 Å². The van der Waals surface area contributed by atoms with Crippen LogP contribution in [0, 0.1) is 6.92 Å². The Morgan fingerprint density at radius 2 is 2.38 bits per heavy atom. The topological polar surface area (TPSA) is 42.1 Å². The molecule has 0 spiro atoms. The maximum Gasteiger partial charge on any atom is 0.355 e. The molecule has 3 nitrogen and oxygen atoms in total. The van der Waals surface area contributed by atoms with Gasteiger partial charge in [0.05, 0.1) is 17.2 Å². The summed E-state index contributed by atoms with van der Waals surface area (Å²) in [6.45, 7) is 4.10. The van der Waals surface area contributed by atoms with Crippen molar-refractivity contribution in [2.75, 3.05) is 6.61 Å². The second kappa shape index (κ2) is 4.53. The smallest absolute Gasteiger partial charge is 0.355 e. The Kier molecular flexibility index (Phi) is 3.10. The largest absolute Gasteiger partial charge is 0.461 e. The van der Waals surface area contributed by atoms with E-state index in [4.69, 9.17) is 4.74 Å². The van der Waals surface area contributed by atoms with Crippen LogP contribution in [0.2, 0.25) is 0 Å². The fraction of sp³-hybridized carbons (Fsp3) is 0.250. The highest BCUT2D eigenvalue weighted by Crippen LogP contribution is 2.26. The molecular weight excluding hydrogens is 222 g/mol. The summed E-state index contributed by atoms with van der Waals surface area (Å²) in [6.07, 6.45) is 0. The van der Waals surface area contributed by atoms with Gasteiger partial charge in [-0.05, 0) is 36.9 Å². The van der Waals surface area contributed by atoms with Crippen LogP contribution in [0.5, 0.6) is 0 Å². The van der Waals surface area contributed by atoms with Gasteiger partial charge in [0.15, 0.2) is 0 Å². The molecule has 4 heteroatoms. The van der Waals surface area contributed by atoms with Gasteiger partial charge >= 0.3 is 5.97 Å². The number of H-pyrrole nitrogens is 1. The zero-order chi connectivity index (χ0) is 11.5. The number of thiophene rings is 1. The van der Waals surface area contributed by atoms with E-state index >= 15 is 0 Å². The van der Waals surface area contributed by atoms with Crippen LogP contribution in [0.1, 0.15) is 23.0 Å². The van der Waals surface area contributed by atoms with Gasteiger partial charge in [0, 0.05) is 0 Å². The number of ether oxygens (including phenoxy) is 1. The van der Waals surface area contributed by atoms with E-state index in [-0.39, 0.29) is 5.97 Å². The van der Waals surface area contributed by atoms with Crippen molar-refractivity contribution >= 4 is 17.3 Å². The molecule has 2 heterocycles. The molecule has 2 rings (SSSR count). The SMILES string of the molecule is CCOC(=O)c1[nH]c(-c2cccs2)cc1C. The molecule has 0 saturated carbocycles. The molecule has 0 aliphatic rings. The fourth-order valence-corrected chi connectivity index (χ4v) is 2.24. The summed E-state index contributed by atoms with van der Waals surface area (Å²) < 4.78 is 4.97. The van der Waals surface area contributed by atoms with Crippen LogP contribution in [0.4, 0.5) is 0 Å². The van der Waals surface area contributed by atoms with E-state index in [2.05, 4.69) is 4.98 Å². The van der Waals surface area contributed by atoms with Gasteiger partial charge in [0.2, 0.25) is 0 Å². The number of aryl methyl sites for hydroxylation is 1. The first-order valence-corrected chi connectivity index (χ1v) is 6.01. The van der Waals surface area contributed by atoms with E-state index in [1.54, 1.807) is 18.3 Å². The number of aromatic nitrogens is 1. The molecule has 0 aliphatic heterocycles. The average molecular weight is 235 g/mol. The van der Waals surface area contributed by atoms with Gasteiger partial charge in [-0.3, -0.25) is 0 Å². The zero-order valence-electron chi connectivity index (χ0n) is 9.24. The number of carbonyl (C=O) groups excluding carboxylic acids is 1. The Hall–Kier alpha value is -1.55. The molecular formula is C12H13NO2S. The maximum absolute atomic E-state index is 11.6. The lowest BCUT2D eigenvalue weighted by atomic mass is 10.2. The number of nitrogens with one attached hydrogen (secondary N) is 1. The van der Waals surface area contributed by atoms with Crippen molar-refractivity contribution in [2.24, 2.45) is 0 Å². The molecule has 2 aromatic heterocycles. The minimum atomic E-state index is -0.289. The summed E-state index contributed by atoms with van der Waals surface area (Å²) in [5.41, 5.74) is 2.43. The van der Waals surface area contributed by atoms with Crippen LogP contribution in [-0.2, 0) is 4.74 Å². The predicted molar refractivity (Wildman–Crippen MR) is 64.8 cm³/mol. The molecule has 0 unspecified atom stereocenters. The summed E-state index contributed by atoms with van der Waals surface area (Å²) in [4.78, 5) is 15.8. The minimum Gasteiger partial charge on any atom is -0.461 e. The van der Waals surface area contributed by atoms with Crippen molar-refractivity contribution in [3.05, 3.63) is 34.8 Å². The molecule has 1 N–H and O–H groups in total. The number of hydrogen-bond donors (Lipinski definition) is 1. The lowest BCUT2D eigenvalue weighted by Crippen LogP contribution is -2.06. The van der Waals surface area contributed by atoms with E-state index in [0.29, 0.717) is 12.3 Å². The lowest BCUT2D eigenvalue weighted by Gasteiger charge is -1.99. The molecule has 0 saturated heterocycles. The number of carbonyl (C=O) groups is 1. The van der Waals surface area contributed by atoms with Gasteiger partial charge in [0.25, 0.3) is 0 Å². The number of aromatic amines is 1. The first-order valence-electron chi connectivity index (χ1n) is 5.13. The van der Waals surface area contributed by atoms with Crippen LogP contribution >= 0.6 is 11.3 Å². The minimum absolute atomic E-state index is 0.289. The van der Waals surface area contributed by atoms with Crippen LogP contribution in [0.15, 0.2) is 23.6 Å². The van der Waals surface area contributed by atoms with Crippen LogP contribution in [0.25, 0.3) is 10.6 Å². The quantitative estimate of drug-likeness (QED) is 0.830. The summed E-state index contributed by atoms with van der Waals surface area (Å²) in [5, 5.41) is 2.01. The average Bonchev–Trinajstić information content (AvgIpc) is 2.86. The standard InChI is InChI=1S/C12H13NO2S/c1-3-15-12(14)11-8(2)7-9(13-11)10-5-4-6-16-10/h4-7,13H,3H2,1-2H3. The molecule has 0 atom stereocenters.